The van der Waals surface area contributed by atoms with E-state index in [1.807, 2.05) is 0 Å². The minimum atomic E-state index is -2.10. The Hall–Kier alpha value is -3.13. The lowest BCUT2D eigenvalue weighted by Gasteiger charge is -2.40. The van der Waals surface area contributed by atoms with Crippen LogP contribution in [-0.4, -0.2) is 98.8 Å². The van der Waals surface area contributed by atoms with Crippen molar-refractivity contribution in [3.8, 4) is 0 Å². The highest BCUT2D eigenvalue weighted by atomic mass is 17.0. The molecule has 19 nitrogen and oxygen atoms in total. The van der Waals surface area contributed by atoms with E-state index >= 15 is 0 Å². The summed E-state index contributed by atoms with van der Waals surface area (Å²) in [6.45, 7) is -4.23. The van der Waals surface area contributed by atoms with Gasteiger partial charge in [-0.25, -0.2) is 4.79 Å². The lowest BCUT2D eigenvalue weighted by molar-refractivity contribution is -0.782. The van der Waals surface area contributed by atoms with Gasteiger partial charge in [0.25, 0.3) is 15.3 Å². The third-order valence-electron chi connectivity index (χ3n) is 3.80. The summed E-state index contributed by atoms with van der Waals surface area (Å²) in [5.41, 5.74) is -2.10. The van der Waals surface area contributed by atoms with Gasteiger partial charge in [-0.1, -0.05) is 0 Å². The van der Waals surface area contributed by atoms with E-state index in [1.54, 1.807) is 0 Å². The van der Waals surface area contributed by atoms with Crippen molar-refractivity contribution < 1.29 is 64.5 Å². The summed E-state index contributed by atoms with van der Waals surface area (Å²) in [5.74, 6) is -1.74. The van der Waals surface area contributed by atoms with E-state index in [2.05, 4.69) is 14.5 Å². The Labute approximate surface area is 164 Å². The monoisotopic (exact) mass is 447 g/mol. The summed E-state index contributed by atoms with van der Waals surface area (Å²) in [5, 5.41) is 65.7. The van der Waals surface area contributed by atoms with Crippen LogP contribution in [0.3, 0.4) is 0 Å². The highest BCUT2D eigenvalue weighted by Gasteiger charge is 2.48. The average Bonchev–Trinajstić information content (AvgIpc) is 2.65. The van der Waals surface area contributed by atoms with E-state index in [0.29, 0.717) is 0 Å². The molecule has 1 aliphatic rings. The van der Waals surface area contributed by atoms with E-state index in [0.717, 1.165) is 0 Å². The number of hydrogen-bond donors (Lipinski definition) is 4. The standard InChI is InChI=1S/C11H17N3O16/c15-5-6(16)8(9(18)19)30-10(7(5)17)26-1-11(2-27-12(20)21,3-28-13(22)23)4-29-14(24)25/h5-8,10,15-17H,1-4H2,(H,18,19)/t5-,6-,7+,8-,10+/m0/s1. The Morgan fingerprint density at radius 3 is 1.63 bits per heavy atom. The summed E-state index contributed by atoms with van der Waals surface area (Å²) in [4.78, 5) is 54.8. The number of aliphatic hydroxyl groups is 3. The summed E-state index contributed by atoms with van der Waals surface area (Å²) in [7, 11) is 0. The van der Waals surface area contributed by atoms with E-state index in [1.165, 1.54) is 0 Å². The Balaban J connectivity index is 3.03. The number of carboxylic acid groups (broad SMARTS) is 1. The highest BCUT2D eigenvalue weighted by Crippen LogP contribution is 2.26. The molecule has 0 spiro atoms. The van der Waals surface area contributed by atoms with Crippen molar-refractivity contribution in [3.05, 3.63) is 30.3 Å². The number of carboxylic acids is 1. The number of aliphatic hydroxyl groups excluding tert-OH is 3. The van der Waals surface area contributed by atoms with Crippen LogP contribution in [0.4, 0.5) is 0 Å². The highest BCUT2D eigenvalue weighted by molar-refractivity contribution is 5.73. The van der Waals surface area contributed by atoms with Gasteiger partial charge in [0.05, 0.1) is 12.0 Å². The van der Waals surface area contributed by atoms with Gasteiger partial charge in [0.2, 0.25) is 0 Å². The number of aliphatic carboxylic acids is 1. The lowest BCUT2D eigenvalue weighted by Crippen LogP contribution is -2.61. The van der Waals surface area contributed by atoms with Gasteiger partial charge in [0.1, 0.15) is 38.1 Å². The first-order valence-corrected chi connectivity index (χ1v) is 7.74. The van der Waals surface area contributed by atoms with Gasteiger partial charge in [-0.3, -0.25) is 0 Å². The van der Waals surface area contributed by atoms with Crippen molar-refractivity contribution in [2.75, 3.05) is 26.4 Å². The van der Waals surface area contributed by atoms with Crippen molar-refractivity contribution in [2.24, 2.45) is 5.41 Å². The van der Waals surface area contributed by atoms with Crippen LogP contribution in [0.2, 0.25) is 0 Å². The molecule has 0 aromatic heterocycles. The van der Waals surface area contributed by atoms with Crippen LogP contribution in [0.5, 0.6) is 0 Å². The summed E-state index contributed by atoms with van der Waals surface area (Å²) < 4.78 is 9.85. The lowest BCUT2D eigenvalue weighted by atomic mass is 9.92. The number of hydrogen-bond acceptors (Lipinski definition) is 15. The fourth-order valence-electron chi connectivity index (χ4n) is 2.27. The first kappa shape index (κ1) is 24.9. The number of rotatable bonds is 13. The molecule has 0 bridgehead atoms. The quantitative estimate of drug-likeness (QED) is 0.157. The summed E-state index contributed by atoms with van der Waals surface area (Å²) >= 11 is 0. The normalized spacial score (nSPS) is 26.4. The molecule has 19 heteroatoms. The maximum Gasteiger partial charge on any atom is 0.335 e. The van der Waals surface area contributed by atoms with Crippen molar-refractivity contribution in [1.29, 1.82) is 0 Å². The molecule has 4 N–H and O–H groups in total. The molecule has 1 heterocycles. The van der Waals surface area contributed by atoms with Crippen LogP contribution in [0, 0.1) is 35.8 Å². The Kier molecular flexibility index (Phi) is 8.79. The van der Waals surface area contributed by atoms with Crippen LogP contribution in [-0.2, 0) is 28.8 Å². The minimum absolute atomic E-state index is 0.973. The van der Waals surface area contributed by atoms with E-state index in [9.17, 15) is 50.5 Å². The Morgan fingerprint density at radius 2 is 1.27 bits per heavy atom. The molecular weight excluding hydrogens is 430 g/mol. The molecule has 1 saturated heterocycles. The fourth-order valence-corrected chi connectivity index (χ4v) is 2.27. The molecule has 5 atom stereocenters. The fraction of sp³-hybridized carbons (Fsp3) is 0.909. The van der Waals surface area contributed by atoms with Crippen LogP contribution in [0.15, 0.2) is 0 Å². The number of carbonyl (C=O) groups is 1. The minimum Gasteiger partial charge on any atom is -0.479 e. The third-order valence-corrected chi connectivity index (χ3v) is 3.80. The first-order valence-electron chi connectivity index (χ1n) is 7.74. The molecular formula is C11H17N3O16. The van der Waals surface area contributed by atoms with E-state index in [-0.39, 0.29) is 0 Å². The van der Waals surface area contributed by atoms with Crippen molar-refractivity contribution in [2.45, 2.75) is 30.7 Å². The van der Waals surface area contributed by atoms with Crippen molar-refractivity contribution in [3.63, 3.8) is 0 Å². The zero-order chi connectivity index (χ0) is 23.1. The maximum atomic E-state index is 11.1. The Morgan fingerprint density at radius 1 is 0.833 bits per heavy atom. The van der Waals surface area contributed by atoms with Gasteiger partial charge in [-0.05, 0) is 0 Å². The van der Waals surface area contributed by atoms with Crippen LogP contribution in [0.1, 0.15) is 0 Å². The molecule has 1 rings (SSSR count). The van der Waals surface area contributed by atoms with E-state index < -0.39 is 83.8 Å². The van der Waals surface area contributed by atoms with Crippen LogP contribution >= 0.6 is 0 Å². The topological polar surface area (TPSA) is 274 Å². The SMILES string of the molecule is O=C(O)[C@H]1O[C@@H](OCC(CO[N+](=O)[O-])(CO[N+](=O)[O-])CO[N+](=O)[O-])[C@H](O)[C@@H](O)[C@@H]1O. The third kappa shape index (κ3) is 7.04. The first-order chi connectivity index (χ1) is 13.9. The molecule has 0 aliphatic carbocycles. The molecule has 30 heavy (non-hydrogen) atoms. The predicted molar refractivity (Wildman–Crippen MR) is 81.5 cm³/mol. The number of nitrogens with zero attached hydrogens (tertiary/aromatic N) is 3. The van der Waals surface area contributed by atoms with Gasteiger partial charge in [0, 0.05) is 0 Å². The molecule has 0 saturated carbocycles. The largest absolute Gasteiger partial charge is 0.479 e. The predicted octanol–water partition coefficient (Wildman–Crippen LogP) is -3.49. The van der Waals surface area contributed by atoms with Gasteiger partial charge < -0.3 is 44.4 Å². The molecule has 1 aliphatic heterocycles. The molecule has 0 unspecified atom stereocenters. The van der Waals surface area contributed by atoms with E-state index in [4.69, 9.17) is 14.6 Å². The zero-order valence-corrected chi connectivity index (χ0v) is 14.7. The molecule has 0 aromatic carbocycles. The van der Waals surface area contributed by atoms with Crippen LogP contribution in [0.25, 0.3) is 0 Å². The van der Waals surface area contributed by atoms with Gasteiger partial charge >= 0.3 is 5.97 Å². The molecule has 0 amide bonds. The molecule has 0 aromatic rings. The van der Waals surface area contributed by atoms with Gasteiger partial charge in [-0.2, -0.15) is 0 Å². The maximum absolute atomic E-state index is 11.1. The Bertz CT molecular complexity index is 598. The molecule has 1 fully saturated rings. The van der Waals surface area contributed by atoms with Crippen molar-refractivity contribution in [1.82, 2.24) is 0 Å². The van der Waals surface area contributed by atoms with Crippen molar-refractivity contribution >= 4 is 5.97 Å². The zero-order valence-electron chi connectivity index (χ0n) is 14.7. The second-order valence-corrected chi connectivity index (χ2v) is 6.04. The van der Waals surface area contributed by atoms with Gasteiger partial charge in [-0.15, -0.1) is 30.3 Å². The van der Waals surface area contributed by atoms with Gasteiger partial charge in [0.15, 0.2) is 12.4 Å². The summed E-state index contributed by atoms with van der Waals surface area (Å²) in [6, 6.07) is 0. The molecule has 0 radical (unpaired) electrons. The van der Waals surface area contributed by atoms with Crippen LogP contribution < -0.4 is 0 Å². The number of ether oxygens (including phenoxy) is 2. The smallest absolute Gasteiger partial charge is 0.335 e. The summed E-state index contributed by atoms with van der Waals surface area (Å²) in [6.07, 6.45) is -10.2. The average molecular weight is 447 g/mol. The second-order valence-electron chi connectivity index (χ2n) is 6.04. The second kappa shape index (κ2) is 10.6. The molecule has 172 valence electrons.